The van der Waals surface area contributed by atoms with Gasteiger partial charge in [-0.3, -0.25) is 14.4 Å². The topological polar surface area (TPSA) is 136 Å². The van der Waals surface area contributed by atoms with Gasteiger partial charge in [0.25, 0.3) is 0 Å². The highest BCUT2D eigenvalue weighted by molar-refractivity contribution is 7.70. The van der Waals surface area contributed by atoms with Gasteiger partial charge in [-0.1, -0.05) is 0 Å². The normalized spacial score (nSPS) is 20.3. The first kappa shape index (κ1) is 14.3. The van der Waals surface area contributed by atoms with E-state index >= 15 is 0 Å². The largest absolute Gasteiger partial charge is 0.381 e. The Morgan fingerprint density at radius 2 is 1.50 bits per heavy atom. The summed E-state index contributed by atoms with van der Waals surface area (Å²) in [4.78, 5) is 35.5. The second-order valence-electron chi connectivity index (χ2n) is 3.61. The monoisotopic (exact) mass is 275 g/mol. The van der Waals surface area contributed by atoms with Crippen molar-refractivity contribution in [1.82, 2.24) is 5.32 Å². The van der Waals surface area contributed by atoms with Gasteiger partial charge in [0, 0.05) is 19.3 Å². The zero-order valence-corrected chi connectivity index (χ0v) is 10.2. The molecule has 0 radical (unpaired) electrons. The van der Waals surface area contributed by atoms with Crippen LogP contribution in [0.1, 0.15) is 12.8 Å². The molecule has 96 valence electrons. The summed E-state index contributed by atoms with van der Waals surface area (Å²) >= 11 is 0. The van der Waals surface area contributed by atoms with Gasteiger partial charge in [0.05, 0.1) is 0 Å². The fourth-order valence-corrected chi connectivity index (χ4v) is 3.84. The number of hydrogen-bond acceptors (Lipinski definition) is 4. The fourth-order valence-electron chi connectivity index (χ4n) is 1.47. The molecule has 1 saturated heterocycles. The molecule has 0 unspecified atom stereocenters. The van der Waals surface area contributed by atoms with Gasteiger partial charge in [-0.25, -0.2) is 0 Å². The lowest BCUT2D eigenvalue weighted by atomic mass is 10.1. The van der Waals surface area contributed by atoms with E-state index in [-0.39, 0.29) is 6.04 Å². The quantitative estimate of drug-likeness (QED) is 0.429. The second-order valence-corrected chi connectivity index (χ2v) is 7.40. The van der Waals surface area contributed by atoms with Crippen molar-refractivity contribution >= 4 is 15.2 Å². The summed E-state index contributed by atoms with van der Waals surface area (Å²) in [7, 11) is -9.76. The third-order valence-electron chi connectivity index (χ3n) is 2.24. The van der Waals surface area contributed by atoms with Crippen LogP contribution < -0.4 is 5.32 Å². The molecule has 1 aliphatic rings. The van der Waals surface area contributed by atoms with Crippen molar-refractivity contribution in [1.29, 1.82) is 0 Å². The Hall–Kier alpha value is 0.220. The minimum absolute atomic E-state index is 0.348. The molecule has 0 amide bonds. The molecule has 5 N–H and O–H groups in total. The van der Waals surface area contributed by atoms with Crippen LogP contribution >= 0.6 is 15.2 Å². The number of ether oxygens (including phenoxy) is 1. The molecule has 1 heterocycles. The minimum Gasteiger partial charge on any atom is -0.381 e. The fraction of sp³-hybridized carbons (Fsp3) is 1.00. The maximum atomic E-state index is 11.0. The molecule has 0 spiro atoms. The molecule has 1 fully saturated rings. The van der Waals surface area contributed by atoms with Crippen LogP contribution in [0.5, 0.6) is 0 Å². The van der Waals surface area contributed by atoms with Crippen LogP contribution in [0.25, 0.3) is 0 Å². The van der Waals surface area contributed by atoms with Crippen molar-refractivity contribution in [3.8, 4) is 0 Å². The summed E-state index contributed by atoms with van der Waals surface area (Å²) < 4.78 is 26.9. The van der Waals surface area contributed by atoms with E-state index < -0.39 is 20.7 Å². The van der Waals surface area contributed by atoms with Gasteiger partial charge in [-0.2, -0.15) is 0 Å². The van der Waals surface area contributed by atoms with Crippen molar-refractivity contribution < 1.29 is 33.4 Å². The highest BCUT2D eigenvalue weighted by Crippen LogP contribution is 2.58. The Morgan fingerprint density at radius 3 is 1.88 bits per heavy atom. The zero-order chi connectivity index (χ0) is 12.4. The number of rotatable bonds is 4. The van der Waals surface area contributed by atoms with Gasteiger partial charge >= 0.3 is 15.2 Å². The third-order valence-corrected chi connectivity index (χ3v) is 5.62. The lowest BCUT2D eigenvalue weighted by Gasteiger charge is -2.29. The SMILES string of the molecule is O=P(O)(O)C(NC1CCOCC1)P(=O)(O)O. The molecule has 1 aliphatic heterocycles. The predicted octanol–water partition coefficient (Wildman–Crippen LogP) is -0.606. The Balaban J connectivity index is 2.71. The molecule has 10 heteroatoms. The van der Waals surface area contributed by atoms with Crippen molar-refractivity contribution in [3.63, 3.8) is 0 Å². The molecule has 16 heavy (non-hydrogen) atoms. The van der Waals surface area contributed by atoms with Crippen molar-refractivity contribution in [3.05, 3.63) is 0 Å². The average molecular weight is 275 g/mol. The average Bonchev–Trinajstić information content (AvgIpc) is 2.12. The van der Waals surface area contributed by atoms with E-state index in [1.807, 2.05) is 0 Å². The lowest BCUT2D eigenvalue weighted by Crippen LogP contribution is -2.41. The molecule has 0 aromatic heterocycles. The Morgan fingerprint density at radius 1 is 1.06 bits per heavy atom. The first-order chi connectivity index (χ1) is 7.21. The smallest absolute Gasteiger partial charge is 0.354 e. The first-order valence-corrected chi connectivity index (χ1v) is 8.02. The maximum Gasteiger partial charge on any atom is 0.354 e. The summed E-state index contributed by atoms with van der Waals surface area (Å²) in [6, 6.07) is -0.348. The van der Waals surface area contributed by atoms with E-state index in [1.165, 1.54) is 0 Å². The zero-order valence-electron chi connectivity index (χ0n) is 8.39. The summed E-state index contributed by atoms with van der Waals surface area (Å²) in [6.07, 6.45) is 0.938. The van der Waals surface area contributed by atoms with Gasteiger partial charge in [0.2, 0.25) is 5.52 Å². The van der Waals surface area contributed by atoms with Gasteiger partial charge in [-0.05, 0) is 12.8 Å². The van der Waals surface area contributed by atoms with Crippen LogP contribution in [0, 0.1) is 0 Å². The minimum atomic E-state index is -4.88. The molecular weight excluding hydrogens is 260 g/mol. The van der Waals surface area contributed by atoms with Crippen molar-refractivity contribution in [2.24, 2.45) is 0 Å². The van der Waals surface area contributed by atoms with Gasteiger partial charge in [0.1, 0.15) is 0 Å². The maximum absolute atomic E-state index is 11.0. The highest BCUT2D eigenvalue weighted by atomic mass is 31.2. The second kappa shape index (κ2) is 5.25. The summed E-state index contributed by atoms with van der Waals surface area (Å²) in [5.41, 5.74) is -2.12. The molecule has 0 saturated carbocycles. The molecule has 0 atom stereocenters. The molecule has 8 nitrogen and oxygen atoms in total. The van der Waals surface area contributed by atoms with Gasteiger partial charge < -0.3 is 24.3 Å². The van der Waals surface area contributed by atoms with Crippen LogP contribution in [-0.4, -0.2) is 44.4 Å². The standard InChI is InChI=1S/C6H15NO7P2/c8-15(9,10)6(16(11,12)13)7-5-1-3-14-4-2-5/h5-7H,1-4H2,(H2,8,9,10)(H2,11,12,13). The van der Waals surface area contributed by atoms with Crippen LogP contribution in [0.3, 0.4) is 0 Å². The van der Waals surface area contributed by atoms with E-state index in [9.17, 15) is 9.13 Å². The molecule has 0 aliphatic carbocycles. The molecule has 0 bridgehead atoms. The van der Waals surface area contributed by atoms with Crippen LogP contribution in [-0.2, 0) is 13.9 Å². The van der Waals surface area contributed by atoms with E-state index in [1.54, 1.807) is 0 Å². The summed E-state index contributed by atoms with van der Waals surface area (Å²) in [5, 5.41) is 2.33. The van der Waals surface area contributed by atoms with Crippen molar-refractivity contribution in [2.45, 2.75) is 24.4 Å². The molecule has 0 aromatic carbocycles. The lowest BCUT2D eigenvalue weighted by molar-refractivity contribution is 0.0774. The van der Waals surface area contributed by atoms with E-state index in [4.69, 9.17) is 24.3 Å². The third kappa shape index (κ3) is 4.24. The molecular formula is C6H15NO7P2. The van der Waals surface area contributed by atoms with Crippen LogP contribution in [0.2, 0.25) is 0 Å². The summed E-state index contributed by atoms with van der Waals surface area (Å²) in [5.74, 6) is 0. The van der Waals surface area contributed by atoms with Crippen LogP contribution in [0.15, 0.2) is 0 Å². The first-order valence-electron chi connectivity index (χ1n) is 4.65. The van der Waals surface area contributed by atoms with Gasteiger partial charge in [0.15, 0.2) is 0 Å². The van der Waals surface area contributed by atoms with E-state index in [0.717, 1.165) is 0 Å². The van der Waals surface area contributed by atoms with Gasteiger partial charge in [-0.15, -0.1) is 0 Å². The van der Waals surface area contributed by atoms with E-state index in [0.29, 0.717) is 26.1 Å². The highest BCUT2D eigenvalue weighted by Gasteiger charge is 2.44. The molecule has 1 rings (SSSR count). The number of nitrogens with one attached hydrogen (secondary N) is 1. The number of hydrogen-bond donors (Lipinski definition) is 5. The Kier molecular flexibility index (Phi) is 4.68. The van der Waals surface area contributed by atoms with E-state index in [2.05, 4.69) is 5.32 Å². The Labute approximate surface area is 92.3 Å². The summed E-state index contributed by atoms with van der Waals surface area (Å²) in [6.45, 7) is 0.819. The van der Waals surface area contributed by atoms with Crippen LogP contribution in [0.4, 0.5) is 0 Å². The molecule has 0 aromatic rings. The Bertz CT molecular complexity index is 295. The van der Waals surface area contributed by atoms with Crippen molar-refractivity contribution in [2.75, 3.05) is 13.2 Å². The predicted molar refractivity (Wildman–Crippen MR) is 54.9 cm³/mol.